The summed E-state index contributed by atoms with van der Waals surface area (Å²) >= 11 is 0. The molecule has 0 saturated heterocycles. The molecule has 0 aromatic rings. The van der Waals surface area contributed by atoms with Crippen molar-refractivity contribution >= 4 is 0 Å². The molecule has 1 atom stereocenters. The molecule has 0 radical (unpaired) electrons. The van der Waals surface area contributed by atoms with Crippen molar-refractivity contribution in [3.63, 3.8) is 0 Å². The number of hydrogen-bond acceptors (Lipinski definition) is 1. The molecule has 0 bridgehead atoms. The molecule has 1 N–H and O–H groups in total. The van der Waals surface area contributed by atoms with Gasteiger partial charge in [-0.3, -0.25) is 0 Å². The fourth-order valence-electron chi connectivity index (χ4n) is 2.98. The molecule has 0 amide bonds. The van der Waals surface area contributed by atoms with Crippen LogP contribution < -0.4 is 5.32 Å². The quantitative estimate of drug-likeness (QED) is 0.667. The van der Waals surface area contributed by atoms with E-state index in [-0.39, 0.29) is 0 Å². The first-order valence-corrected chi connectivity index (χ1v) is 7.44. The molecule has 1 rings (SSSR count). The lowest BCUT2D eigenvalue weighted by atomic mass is 9.84. The van der Waals surface area contributed by atoms with Gasteiger partial charge in [-0.05, 0) is 30.8 Å². The Labute approximate surface area is 102 Å². The van der Waals surface area contributed by atoms with Crippen LogP contribution in [-0.4, -0.2) is 13.1 Å². The van der Waals surface area contributed by atoms with Crippen molar-refractivity contribution in [1.29, 1.82) is 0 Å². The first kappa shape index (κ1) is 14.0. The summed E-state index contributed by atoms with van der Waals surface area (Å²) in [5.74, 6) is 2.72. The molecular formula is C15H31N. The standard InChI is InChI=1S/C15H31N/c1-4-14(12-16-11-13(2)3)15-9-7-5-6-8-10-15/h13-16H,4-12H2,1-3H3. The highest BCUT2D eigenvalue weighted by molar-refractivity contribution is 4.74. The van der Waals surface area contributed by atoms with E-state index in [1.807, 2.05) is 0 Å². The van der Waals surface area contributed by atoms with Crippen LogP contribution in [0.4, 0.5) is 0 Å². The third-order valence-electron chi connectivity index (χ3n) is 4.05. The molecule has 16 heavy (non-hydrogen) atoms. The van der Waals surface area contributed by atoms with Gasteiger partial charge in [0.1, 0.15) is 0 Å². The lowest BCUT2D eigenvalue weighted by molar-refractivity contribution is 0.276. The zero-order valence-corrected chi connectivity index (χ0v) is 11.6. The summed E-state index contributed by atoms with van der Waals surface area (Å²) in [5.41, 5.74) is 0. The number of hydrogen-bond donors (Lipinski definition) is 1. The molecule has 0 aromatic heterocycles. The third-order valence-corrected chi connectivity index (χ3v) is 4.05. The minimum atomic E-state index is 0.784. The molecule has 1 unspecified atom stereocenters. The molecule has 1 fully saturated rings. The normalized spacial score (nSPS) is 21.0. The van der Waals surface area contributed by atoms with Crippen LogP contribution in [0.2, 0.25) is 0 Å². The maximum atomic E-state index is 3.65. The van der Waals surface area contributed by atoms with Gasteiger partial charge in [-0.25, -0.2) is 0 Å². The second-order valence-corrected chi connectivity index (χ2v) is 5.97. The van der Waals surface area contributed by atoms with E-state index >= 15 is 0 Å². The van der Waals surface area contributed by atoms with Crippen molar-refractivity contribution in [2.75, 3.05) is 13.1 Å². The summed E-state index contributed by atoms with van der Waals surface area (Å²) < 4.78 is 0. The van der Waals surface area contributed by atoms with E-state index in [1.54, 1.807) is 0 Å². The van der Waals surface area contributed by atoms with E-state index in [2.05, 4.69) is 26.1 Å². The van der Waals surface area contributed by atoms with Gasteiger partial charge in [-0.1, -0.05) is 65.7 Å². The average Bonchev–Trinajstić information content (AvgIpc) is 2.52. The van der Waals surface area contributed by atoms with Crippen LogP contribution in [0.3, 0.4) is 0 Å². The molecule has 96 valence electrons. The Morgan fingerprint density at radius 3 is 2.12 bits per heavy atom. The lowest BCUT2D eigenvalue weighted by Crippen LogP contribution is -2.30. The van der Waals surface area contributed by atoms with Crippen LogP contribution in [0.15, 0.2) is 0 Å². The summed E-state index contributed by atoms with van der Waals surface area (Å²) in [6.45, 7) is 9.38. The predicted molar refractivity (Wildman–Crippen MR) is 72.7 cm³/mol. The Morgan fingerprint density at radius 1 is 1.00 bits per heavy atom. The molecule has 1 aliphatic rings. The van der Waals surface area contributed by atoms with Crippen LogP contribution in [0.1, 0.15) is 65.7 Å². The van der Waals surface area contributed by atoms with Gasteiger partial charge < -0.3 is 5.32 Å². The average molecular weight is 225 g/mol. The topological polar surface area (TPSA) is 12.0 Å². The molecular weight excluding hydrogens is 194 g/mol. The zero-order chi connectivity index (χ0) is 11.8. The third kappa shape index (κ3) is 5.34. The predicted octanol–water partition coefficient (Wildman–Crippen LogP) is 4.23. The second kappa shape index (κ2) is 8.11. The van der Waals surface area contributed by atoms with Gasteiger partial charge in [0.2, 0.25) is 0 Å². The molecule has 1 heteroatoms. The van der Waals surface area contributed by atoms with Crippen molar-refractivity contribution in [3.05, 3.63) is 0 Å². The van der Waals surface area contributed by atoms with Gasteiger partial charge >= 0.3 is 0 Å². The van der Waals surface area contributed by atoms with E-state index in [9.17, 15) is 0 Å². The van der Waals surface area contributed by atoms with Gasteiger partial charge in [0.05, 0.1) is 0 Å². The van der Waals surface area contributed by atoms with Gasteiger partial charge in [0.25, 0.3) is 0 Å². The van der Waals surface area contributed by atoms with Gasteiger partial charge in [-0.2, -0.15) is 0 Å². The molecule has 1 aliphatic carbocycles. The van der Waals surface area contributed by atoms with Crippen LogP contribution in [0, 0.1) is 17.8 Å². The number of nitrogens with one attached hydrogen (secondary N) is 1. The molecule has 0 spiro atoms. The summed E-state index contributed by atoms with van der Waals surface area (Å²) in [6, 6.07) is 0. The Balaban J connectivity index is 2.27. The summed E-state index contributed by atoms with van der Waals surface area (Å²) in [7, 11) is 0. The van der Waals surface area contributed by atoms with Crippen molar-refractivity contribution < 1.29 is 0 Å². The maximum Gasteiger partial charge on any atom is -0.00179 e. The second-order valence-electron chi connectivity index (χ2n) is 5.97. The highest BCUT2D eigenvalue weighted by atomic mass is 14.9. The fourth-order valence-corrected chi connectivity index (χ4v) is 2.98. The van der Waals surface area contributed by atoms with E-state index in [1.165, 1.54) is 58.0 Å². The zero-order valence-electron chi connectivity index (χ0n) is 11.6. The lowest BCUT2D eigenvalue weighted by Gasteiger charge is -2.25. The summed E-state index contributed by atoms with van der Waals surface area (Å²) in [4.78, 5) is 0. The van der Waals surface area contributed by atoms with Crippen molar-refractivity contribution in [2.24, 2.45) is 17.8 Å². The van der Waals surface area contributed by atoms with Crippen molar-refractivity contribution in [2.45, 2.75) is 65.7 Å². The molecule has 1 nitrogen and oxygen atoms in total. The van der Waals surface area contributed by atoms with E-state index < -0.39 is 0 Å². The van der Waals surface area contributed by atoms with Gasteiger partial charge in [-0.15, -0.1) is 0 Å². The highest BCUT2D eigenvalue weighted by Gasteiger charge is 2.20. The Bertz CT molecular complexity index is 157. The number of rotatable bonds is 6. The smallest absolute Gasteiger partial charge is 0.00179 e. The minimum absolute atomic E-state index is 0.784. The molecule has 0 heterocycles. The Hall–Kier alpha value is -0.0400. The van der Waals surface area contributed by atoms with Crippen LogP contribution in [0.25, 0.3) is 0 Å². The summed E-state index contributed by atoms with van der Waals surface area (Å²) in [6.07, 6.45) is 10.2. The molecule has 0 aromatic carbocycles. The van der Waals surface area contributed by atoms with E-state index in [0.29, 0.717) is 0 Å². The Morgan fingerprint density at radius 2 is 1.62 bits per heavy atom. The maximum absolute atomic E-state index is 3.65. The van der Waals surface area contributed by atoms with Crippen molar-refractivity contribution in [1.82, 2.24) is 5.32 Å². The Kier molecular flexibility index (Phi) is 7.11. The SMILES string of the molecule is CCC(CNCC(C)C)C1CCCCCC1. The largest absolute Gasteiger partial charge is 0.316 e. The first-order valence-electron chi connectivity index (χ1n) is 7.44. The molecule has 0 aliphatic heterocycles. The van der Waals surface area contributed by atoms with Crippen LogP contribution in [-0.2, 0) is 0 Å². The fraction of sp³-hybridized carbons (Fsp3) is 1.00. The van der Waals surface area contributed by atoms with Gasteiger partial charge in [0, 0.05) is 0 Å². The van der Waals surface area contributed by atoms with Crippen LogP contribution in [0.5, 0.6) is 0 Å². The van der Waals surface area contributed by atoms with Crippen molar-refractivity contribution in [3.8, 4) is 0 Å². The molecule has 1 saturated carbocycles. The minimum Gasteiger partial charge on any atom is -0.316 e. The highest BCUT2D eigenvalue weighted by Crippen LogP contribution is 2.30. The van der Waals surface area contributed by atoms with E-state index in [4.69, 9.17) is 0 Å². The first-order chi connectivity index (χ1) is 7.74. The summed E-state index contributed by atoms with van der Waals surface area (Å²) in [5, 5.41) is 3.65. The monoisotopic (exact) mass is 225 g/mol. The van der Waals surface area contributed by atoms with Crippen LogP contribution >= 0.6 is 0 Å². The van der Waals surface area contributed by atoms with E-state index in [0.717, 1.165) is 17.8 Å². The van der Waals surface area contributed by atoms with Gasteiger partial charge in [0.15, 0.2) is 0 Å².